The second kappa shape index (κ2) is 5.00. The first-order chi connectivity index (χ1) is 10.3. The summed E-state index contributed by atoms with van der Waals surface area (Å²) < 4.78 is 2.12. The number of hydrogen-bond acceptors (Lipinski definition) is 3. The quantitative estimate of drug-likeness (QED) is 0.847. The van der Waals surface area contributed by atoms with E-state index in [4.69, 9.17) is 0 Å². The summed E-state index contributed by atoms with van der Waals surface area (Å²) in [6.45, 7) is 2.99. The van der Waals surface area contributed by atoms with Gasteiger partial charge in [-0.05, 0) is 17.5 Å². The molecular weight excluding hydrogens is 264 g/mol. The number of nitrogens with zero attached hydrogens (tertiary/aromatic N) is 3. The zero-order valence-corrected chi connectivity index (χ0v) is 11.8. The third-order valence-electron chi connectivity index (χ3n) is 4.44. The van der Waals surface area contributed by atoms with Gasteiger partial charge in [0.15, 0.2) is 0 Å². The number of amides is 1. The lowest BCUT2D eigenvalue weighted by Gasteiger charge is -2.33. The molecule has 1 N–H and O–H groups in total. The van der Waals surface area contributed by atoms with E-state index in [-0.39, 0.29) is 11.9 Å². The molecule has 5 heteroatoms. The summed E-state index contributed by atoms with van der Waals surface area (Å²) in [7, 11) is 0. The molecule has 0 spiro atoms. The monoisotopic (exact) mass is 282 g/mol. The first kappa shape index (κ1) is 12.6. The van der Waals surface area contributed by atoms with E-state index in [0.29, 0.717) is 6.54 Å². The Morgan fingerprint density at radius 3 is 3.00 bits per heavy atom. The van der Waals surface area contributed by atoms with Crippen LogP contribution in [0.1, 0.15) is 17.0 Å². The summed E-state index contributed by atoms with van der Waals surface area (Å²) in [4.78, 5) is 19.0. The highest BCUT2D eigenvalue weighted by Crippen LogP contribution is 2.19. The summed E-state index contributed by atoms with van der Waals surface area (Å²) in [6, 6.07) is 8.23. The standard InChI is InChI=1S/C16H18N4O/c21-16(20-8-7-19-6-5-17-15(19)11-20)14-9-12-3-1-2-4-13(12)10-18-14/h1-6,14,18H,7-11H2/t14-/m0/s1. The van der Waals surface area contributed by atoms with E-state index < -0.39 is 0 Å². The molecule has 21 heavy (non-hydrogen) atoms. The van der Waals surface area contributed by atoms with Gasteiger partial charge in [-0.25, -0.2) is 4.98 Å². The van der Waals surface area contributed by atoms with E-state index in [9.17, 15) is 4.79 Å². The van der Waals surface area contributed by atoms with Gasteiger partial charge < -0.3 is 14.8 Å². The summed E-state index contributed by atoms with van der Waals surface area (Å²) in [5, 5.41) is 3.37. The summed E-state index contributed by atoms with van der Waals surface area (Å²) >= 11 is 0. The minimum atomic E-state index is -0.110. The summed E-state index contributed by atoms with van der Waals surface area (Å²) in [6.07, 6.45) is 4.56. The SMILES string of the molecule is O=C([C@@H]1Cc2ccccc2CN1)N1CCn2ccnc2C1. The van der Waals surface area contributed by atoms with Crippen LogP contribution in [0.25, 0.3) is 0 Å². The number of carbonyl (C=O) groups excluding carboxylic acids is 1. The van der Waals surface area contributed by atoms with Crippen molar-refractivity contribution in [3.05, 3.63) is 53.6 Å². The Balaban J connectivity index is 1.49. The minimum Gasteiger partial charge on any atom is -0.332 e. The maximum absolute atomic E-state index is 12.7. The fourth-order valence-corrected chi connectivity index (χ4v) is 3.21. The maximum atomic E-state index is 12.7. The molecule has 0 unspecified atom stereocenters. The second-order valence-corrected chi connectivity index (χ2v) is 5.70. The molecular formula is C16H18N4O. The predicted octanol–water partition coefficient (Wildman–Crippen LogP) is 0.940. The minimum absolute atomic E-state index is 0.110. The number of rotatable bonds is 1. The van der Waals surface area contributed by atoms with Gasteiger partial charge >= 0.3 is 0 Å². The van der Waals surface area contributed by atoms with Crippen molar-refractivity contribution >= 4 is 5.91 Å². The van der Waals surface area contributed by atoms with Crippen molar-refractivity contribution in [3.8, 4) is 0 Å². The molecule has 0 saturated carbocycles. The average Bonchev–Trinajstić information content (AvgIpc) is 3.01. The number of nitrogens with one attached hydrogen (secondary N) is 1. The van der Waals surface area contributed by atoms with Crippen LogP contribution in [0.2, 0.25) is 0 Å². The number of benzene rings is 1. The van der Waals surface area contributed by atoms with Gasteiger partial charge in [0, 0.05) is 32.0 Å². The molecule has 108 valence electrons. The predicted molar refractivity (Wildman–Crippen MR) is 78.4 cm³/mol. The van der Waals surface area contributed by atoms with Crippen molar-refractivity contribution in [3.63, 3.8) is 0 Å². The van der Waals surface area contributed by atoms with Gasteiger partial charge in [0.05, 0.1) is 12.6 Å². The number of aromatic nitrogens is 2. The molecule has 0 fully saturated rings. The first-order valence-electron chi connectivity index (χ1n) is 7.40. The molecule has 0 aliphatic carbocycles. The highest BCUT2D eigenvalue weighted by Gasteiger charge is 2.30. The zero-order chi connectivity index (χ0) is 14.2. The van der Waals surface area contributed by atoms with E-state index >= 15 is 0 Å². The van der Waals surface area contributed by atoms with E-state index in [0.717, 1.165) is 31.9 Å². The van der Waals surface area contributed by atoms with Crippen molar-refractivity contribution in [1.82, 2.24) is 19.8 Å². The number of carbonyl (C=O) groups is 1. The molecule has 2 aromatic rings. The van der Waals surface area contributed by atoms with Crippen molar-refractivity contribution in [2.24, 2.45) is 0 Å². The first-order valence-corrected chi connectivity index (χ1v) is 7.40. The molecule has 4 rings (SSSR count). The largest absolute Gasteiger partial charge is 0.332 e. The Hall–Kier alpha value is -2.14. The van der Waals surface area contributed by atoms with Crippen LogP contribution in [0.5, 0.6) is 0 Å². The van der Waals surface area contributed by atoms with Crippen LogP contribution < -0.4 is 5.32 Å². The fraction of sp³-hybridized carbons (Fsp3) is 0.375. The van der Waals surface area contributed by atoms with E-state index in [2.05, 4.69) is 27.0 Å². The number of fused-ring (bicyclic) bond motifs is 2. The van der Waals surface area contributed by atoms with Gasteiger partial charge in [-0.1, -0.05) is 24.3 Å². The molecule has 5 nitrogen and oxygen atoms in total. The van der Waals surface area contributed by atoms with Gasteiger partial charge in [-0.2, -0.15) is 0 Å². The molecule has 0 bridgehead atoms. The van der Waals surface area contributed by atoms with Crippen LogP contribution in [0.3, 0.4) is 0 Å². The zero-order valence-electron chi connectivity index (χ0n) is 11.8. The highest BCUT2D eigenvalue weighted by molar-refractivity contribution is 5.82. The van der Waals surface area contributed by atoms with Gasteiger partial charge in [0.25, 0.3) is 0 Å². The van der Waals surface area contributed by atoms with Gasteiger partial charge in [-0.3, -0.25) is 4.79 Å². The number of hydrogen-bond donors (Lipinski definition) is 1. The molecule has 2 aliphatic rings. The topological polar surface area (TPSA) is 50.2 Å². The lowest BCUT2D eigenvalue weighted by Crippen LogP contribution is -2.51. The van der Waals surface area contributed by atoms with Crippen LogP contribution in [0.15, 0.2) is 36.7 Å². The molecule has 1 amide bonds. The Kier molecular flexibility index (Phi) is 3.00. The molecule has 0 radical (unpaired) electrons. The Labute approximate surface area is 123 Å². The summed E-state index contributed by atoms with van der Waals surface area (Å²) in [5.41, 5.74) is 2.59. The van der Waals surface area contributed by atoms with E-state index in [1.54, 1.807) is 6.20 Å². The van der Waals surface area contributed by atoms with Crippen molar-refractivity contribution in [2.45, 2.75) is 32.1 Å². The van der Waals surface area contributed by atoms with Gasteiger partial charge in [0.2, 0.25) is 5.91 Å². The van der Waals surface area contributed by atoms with Crippen molar-refractivity contribution in [2.75, 3.05) is 6.54 Å². The molecule has 1 aromatic carbocycles. The third kappa shape index (κ3) is 2.23. The van der Waals surface area contributed by atoms with E-state index in [1.165, 1.54) is 11.1 Å². The van der Waals surface area contributed by atoms with Crippen molar-refractivity contribution < 1.29 is 4.79 Å². The fourth-order valence-electron chi connectivity index (χ4n) is 3.21. The molecule has 3 heterocycles. The third-order valence-corrected chi connectivity index (χ3v) is 4.44. The smallest absolute Gasteiger partial charge is 0.240 e. The molecule has 1 atom stereocenters. The number of imidazole rings is 1. The molecule has 0 saturated heterocycles. The Morgan fingerprint density at radius 2 is 2.10 bits per heavy atom. The Bertz CT molecular complexity index is 678. The Morgan fingerprint density at radius 1 is 1.24 bits per heavy atom. The maximum Gasteiger partial charge on any atom is 0.240 e. The van der Waals surface area contributed by atoms with Gasteiger partial charge in [-0.15, -0.1) is 0 Å². The van der Waals surface area contributed by atoms with Crippen LogP contribution in [0.4, 0.5) is 0 Å². The van der Waals surface area contributed by atoms with Crippen LogP contribution in [0, 0.1) is 0 Å². The normalized spacial score (nSPS) is 20.8. The molecule has 2 aliphatic heterocycles. The lowest BCUT2D eigenvalue weighted by molar-refractivity contribution is -0.135. The van der Waals surface area contributed by atoms with Crippen LogP contribution in [-0.4, -0.2) is 32.9 Å². The van der Waals surface area contributed by atoms with E-state index in [1.807, 2.05) is 23.2 Å². The van der Waals surface area contributed by atoms with Gasteiger partial charge in [0.1, 0.15) is 5.82 Å². The van der Waals surface area contributed by atoms with Crippen molar-refractivity contribution in [1.29, 1.82) is 0 Å². The van der Waals surface area contributed by atoms with Crippen LogP contribution >= 0.6 is 0 Å². The highest BCUT2D eigenvalue weighted by atomic mass is 16.2. The summed E-state index contributed by atoms with van der Waals surface area (Å²) in [5.74, 6) is 1.17. The average molecular weight is 282 g/mol. The lowest BCUT2D eigenvalue weighted by atomic mass is 9.95. The van der Waals surface area contributed by atoms with Crippen LogP contribution in [-0.2, 0) is 30.8 Å². The second-order valence-electron chi connectivity index (χ2n) is 5.70. The molecule has 1 aromatic heterocycles.